The lowest BCUT2D eigenvalue weighted by Gasteiger charge is -2.51. The summed E-state index contributed by atoms with van der Waals surface area (Å²) in [4.78, 5) is 37.8. The lowest BCUT2D eigenvalue weighted by molar-refractivity contribution is -0.397. The maximum atomic E-state index is 12.8. The van der Waals surface area contributed by atoms with E-state index >= 15 is 0 Å². The molecule has 26 N–H and O–H groups in total. The van der Waals surface area contributed by atoms with Crippen molar-refractivity contribution in [2.75, 3.05) is 52.9 Å². The van der Waals surface area contributed by atoms with Crippen molar-refractivity contribution < 1.29 is 203 Å². The third kappa shape index (κ3) is 17.5. The molecule has 0 aromatic rings. The van der Waals surface area contributed by atoms with E-state index in [0.29, 0.717) is 0 Å². The molecule has 0 aliphatic carbocycles. The number of hydrogen-bond acceptors (Lipinski definition) is 41. The minimum Gasteiger partial charge on any atom is -0.394 e. The molecule has 0 spiro atoms. The van der Waals surface area contributed by atoms with Crippen LogP contribution in [0.3, 0.4) is 0 Å². The molecule has 0 unspecified atom stereocenters. The summed E-state index contributed by atoms with van der Waals surface area (Å²) in [5.74, 6) is -2.65. The molecule has 8 aliphatic heterocycles. The van der Waals surface area contributed by atoms with Crippen LogP contribution in [-0.2, 0) is 85.4 Å². The fourth-order valence-corrected chi connectivity index (χ4v) is 12.6. The molecule has 3 amide bonds. The molecule has 0 bridgehead atoms. The van der Waals surface area contributed by atoms with Crippen LogP contribution in [0.4, 0.5) is 0 Å². The predicted octanol–water partition coefficient (Wildman–Crippen LogP) is -18.0. The summed E-state index contributed by atoms with van der Waals surface area (Å²) in [6.07, 6.45) is -75.2. The average molecular weight is 1440 g/mol. The van der Waals surface area contributed by atoms with Gasteiger partial charge in [-0.2, -0.15) is 0 Å². The number of carbonyl (C=O) groups excluding carboxylic acids is 3. The van der Waals surface area contributed by atoms with Crippen LogP contribution in [0.1, 0.15) is 20.8 Å². The zero-order chi connectivity index (χ0) is 72.2. The van der Waals surface area contributed by atoms with Crippen molar-refractivity contribution >= 4 is 17.7 Å². The van der Waals surface area contributed by atoms with E-state index in [0.717, 1.165) is 20.8 Å². The van der Waals surface area contributed by atoms with Gasteiger partial charge in [-0.3, -0.25) is 14.4 Å². The first kappa shape index (κ1) is 80.6. The van der Waals surface area contributed by atoms with Gasteiger partial charge in [0.15, 0.2) is 50.3 Å². The van der Waals surface area contributed by atoms with Gasteiger partial charge >= 0.3 is 0 Å². The summed E-state index contributed by atoms with van der Waals surface area (Å²) in [6, 6.07) is -5.48. The highest BCUT2D eigenvalue weighted by Gasteiger charge is 2.60. The molecule has 0 radical (unpaired) electrons. The maximum Gasteiger partial charge on any atom is 0.217 e. The van der Waals surface area contributed by atoms with Gasteiger partial charge in [0, 0.05) is 20.8 Å². The van der Waals surface area contributed by atoms with E-state index in [9.17, 15) is 132 Å². The third-order valence-electron chi connectivity index (χ3n) is 17.8. The Morgan fingerprint density at radius 1 is 0.265 bits per heavy atom. The number of amides is 3. The summed E-state index contributed by atoms with van der Waals surface area (Å²) in [5.41, 5.74) is 0. The van der Waals surface area contributed by atoms with E-state index in [4.69, 9.17) is 71.1 Å². The van der Waals surface area contributed by atoms with Crippen LogP contribution in [0.5, 0.6) is 0 Å². The van der Waals surface area contributed by atoms with Crippen molar-refractivity contribution in [1.82, 2.24) is 16.0 Å². The minimum absolute atomic E-state index is 0.827. The molecule has 98 heavy (non-hydrogen) atoms. The molecule has 8 aliphatic rings. The summed E-state index contributed by atoms with van der Waals surface area (Å²) >= 11 is 0. The van der Waals surface area contributed by atoms with Crippen molar-refractivity contribution in [2.24, 2.45) is 0 Å². The van der Waals surface area contributed by atoms with Crippen molar-refractivity contribution in [3.05, 3.63) is 0 Å². The lowest BCUT2D eigenvalue weighted by atomic mass is 9.94. The number of carbonyl (C=O) groups is 3. The number of aliphatic hydroxyl groups excluding tert-OH is 23. The molecule has 8 fully saturated rings. The van der Waals surface area contributed by atoms with Gasteiger partial charge in [-0.15, -0.1) is 0 Å². The molecule has 44 nitrogen and oxygen atoms in total. The Kier molecular flexibility index (Phi) is 28.9. The van der Waals surface area contributed by atoms with Crippen LogP contribution in [0, 0.1) is 0 Å². The number of ether oxygens (including phenoxy) is 15. The van der Waals surface area contributed by atoms with Crippen molar-refractivity contribution in [3.8, 4) is 0 Å². The maximum absolute atomic E-state index is 12.8. The van der Waals surface area contributed by atoms with Crippen molar-refractivity contribution in [3.63, 3.8) is 0 Å². The summed E-state index contributed by atoms with van der Waals surface area (Å²) < 4.78 is 87.8. The van der Waals surface area contributed by atoms with E-state index < -0.39 is 316 Å². The van der Waals surface area contributed by atoms with Gasteiger partial charge in [0.1, 0.15) is 195 Å². The minimum atomic E-state index is -2.45. The van der Waals surface area contributed by atoms with Crippen molar-refractivity contribution in [1.29, 1.82) is 0 Å². The normalized spacial score (nSPS) is 49.5. The molecule has 44 heteroatoms. The summed E-state index contributed by atoms with van der Waals surface area (Å²) in [6.45, 7) is -5.49. The monoisotopic (exact) mass is 1440 g/mol. The van der Waals surface area contributed by atoms with E-state index in [1.165, 1.54) is 0 Å². The first-order valence-electron chi connectivity index (χ1n) is 31.1. The van der Waals surface area contributed by atoms with Gasteiger partial charge < -0.3 is 204 Å². The highest BCUT2D eigenvalue weighted by atomic mass is 16.8. The van der Waals surface area contributed by atoms with Gasteiger partial charge in [-0.25, -0.2) is 0 Å². The number of aliphatic hydroxyl groups is 23. The Morgan fingerprint density at radius 3 is 0.939 bits per heavy atom. The van der Waals surface area contributed by atoms with Gasteiger partial charge in [0.2, 0.25) is 17.7 Å². The Morgan fingerprint density at radius 2 is 0.551 bits per heavy atom. The van der Waals surface area contributed by atoms with E-state index in [1.54, 1.807) is 0 Å². The van der Waals surface area contributed by atoms with Gasteiger partial charge in [0.25, 0.3) is 0 Å². The molecule has 0 aromatic heterocycles. The fourth-order valence-electron chi connectivity index (χ4n) is 12.6. The molecule has 568 valence electrons. The Labute approximate surface area is 554 Å². The largest absolute Gasteiger partial charge is 0.394 e. The highest BCUT2D eigenvalue weighted by Crippen LogP contribution is 2.39. The van der Waals surface area contributed by atoms with Crippen molar-refractivity contribution in [2.45, 2.75) is 266 Å². The Balaban J connectivity index is 1.10. The lowest BCUT2D eigenvalue weighted by Crippen LogP contribution is -2.70. The Hall–Kier alpha value is -3.11. The predicted molar refractivity (Wildman–Crippen MR) is 299 cm³/mol. The van der Waals surface area contributed by atoms with Gasteiger partial charge in [-0.1, -0.05) is 0 Å². The number of hydrogen-bond donors (Lipinski definition) is 26. The van der Waals surface area contributed by atoms with E-state index in [2.05, 4.69) is 16.0 Å². The summed E-state index contributed by atoms with van der Waals surface area (Å²) in [5, 5.41) is 259. The topological polar surface area (TPSA) is 691 Å². The molecule has 8 saturated heterocycles. The second-order valence-corrected chi connectivity index (χ2v) is 24.6. The SMILES string of the molecule is CC(=O)N[C@@H]1[C@@H](O)[C@H](O[C@@H]2O[C@H](CO[C@H]3O[C@H](CO)[C@@H](O)[C@H](O)[C@@H]3O[C@@H]3O[C@H](CO)[C@@H](O[C@@H]4O[C@H](CO)[C@H](O)[C@H](O)[C@H]4O)[C@H](O)[C@H]3NC(C)=O)[C@@H](O)[C@H](O[C@H]3O[C@H](CO)[C@@H](O)[C@H](O)[C@@H]3O[C@@H]3O[C@H](CO)[C@@H](O[C@@H]4O[C@H](CO)[C@H](O)[C@H](O)[C@H]4O)[C@H](O)[C@H]3NC(C)=O)[C@@H]2O)[C@@H](CO)O[C@@H]1O. The molecular weight excluding hydrogens is 1350 g/mol. The van der Waals surface area contributed by atoms with Crippen LogP contribution in [0.15, 0.2) is 0 Å². The van der Waals surface area contributed by atoms with Crippen LogP contribution < -0.4 is 16.0 Å². The smallest absolute Gasteiger partial charge is 0.217 e. The van der Waals surface area contributed by atoms with Crippen LogP contribution in [0.2, 0.25) is 0 Å². The fraction of sp³-hybridized carbons (Fsp3) is 0.944. The molecule has 40 atom stereocenters. The van der Waals surface area contributed by atoms with Gasteiger partial charge in [-0.05, 0) is 0 Å². The molecule has 8 heterocycles. The van der Waals surface area contributed by atoms with Crippen LogP contribution in [-0.4, -0.2) is 433 Å². The number of nitrogens with one attached hydrogen (secondary N) is 3. The van der Waals surface area contributed by atoms with Crippen LogP contribution in [0.25, 0.3) is 0 Å². The standard InChI is InChI=1S/C54H91N3O41/c1-12(65)55-23-31(73)41(19(8-62)85-47(23)83)95-52-40(82)44(96-54-46(37(79)29(71)18(7-61)89-54)98-49-25(57-14(3)67)33(75)43(21(10-64)91-49)94-51-39(81)35(77)27(69)16(5-59)87-51)30(72)22(92-52)11-84-53-45(36(78)28(70)17(6-60)88-53)97-48-24(56-13(2)66)32(74)42(20(9-63)90-48)93-50-38(80)34(76)26(68)15(4-58)86-50/h15-54,58-64,68-83H,4-11H2,1-3H3,(H,55,65)(H,56,66)(H,57,67)/t15-,16-,17-,18-,19-,20-,21-,22-,23-,24-,25-,26+,27+,28-,29-,30-,31-,32-,33-,34+,35+,36+,37+,38-,39-,40+,41-,42-,43-,44+,45+,46+,47+,48+,49+,50+,51+,52+,53+,54-/m1/s1. The molecule has 8 rings (SSSR count). The van der Waals surface area contributed by atoms with E-state index in [1.807, 2.05) is 0 Å². The number of rotatable bonds is 25. The quantitative estimate of drug-likeness (QED) is 0.0404. The molecule has 0 aromatic carbocycles. The first-order valence-corrected chi connectivity index (χ1v) is 31.1. The molecule has 0 saturated carbocycles. The first-order chi connectivity index (χ1) is 46.4. The molecular formula is C54H91N3O41. The third-order valence-corrected chi connectivity index (χ3v) is 17.8. The zero-order valence-corrected chi connectivity index (χ0v) is 52.4. The zero-order valence-electron chi connectivity index (χ0n) is 52.4. The van der Waals surface area contributed by atoms with E-state index in [-0.39, 0.29) is 0 Å². The van der Waals surface area contributed by atoms with Gasteiger partial charge in [0.05, 0.1) is 52.9 Å². The second-order valence-electron chi connectivity index (χ2n) is 24.6. The second kappa shape index (κ2) is 35.1. The Bertz CT molecular complexity index is 2510. The average Bonchev–Trinajstić information content (AvgIpc) is 0.779. The summed E-state index contributed by atoms with van der Waals surface area (Å²) in [7, 11) is 0. The van der Waals surface area contributed by atoms with Crippen LogP contribution >= 0.6 is 0 Å². The highest BCUT2D eigenvalue weighted by molar-refractivity contribution is 5.74.